The van der Waals surface area contributed by atoms with Gasteiger partial charge in [-0.05, 0) is 6.42 Å². The number of aliphatic hydroxyl groups excluding tert-OH is 8. The highest BCUT2D eigenvalue weighted by atomic mass is 16.6. The van der Waals surface area contributed by atoms with Gasteiger partial charge in [-0.1, -0.05) is 0 Å². The van der Waals surface area contributed by atoms with Gasteiger partial charge in [-0.3, -0.25) is 34.6 Å². The number of aliphatic hydroxyl groups is 8. The Kier molecular flexibility index (Phi) is 14.6. The Hall–Kier alpha value is -4.70. The van der Waals surface area contributed by atoms with Crippen LogP contribution in [-0.4, -0.2) is 167 Å². The van der Waals surface area contributed by atoms with Gasteiger partial charge in [0.05, 0.1) is 34.7 Å². The third-order valence-electron chi connectivity index (χ3n) is 8.14. The maximum atomic E-state index is 13.3. The number of nitrogens with zero attached hydrogens (tertiary/aromatic N) is 2. The molecule has 0 aromatic heterocycles. The van der Waals surface area contributed by atoms with Crippen molar-refractivity contribution in [1.29, 1.82) is 0 Å². The summed E-state index contributed by atoms with van der Waals surface area (Å²) in [4.78, 5) is 71.3. The van der Waals surface area contributed by atoms with Crippen LogP contribution in [-0.2, 0) is 23.9 Å². The van der Waals surface area contributed by atoms with E-state index in [1.165, 1.54) is 0 Å². The van der Waals surface area contributed by atoms with Crippen molar-refractivity contribution < 1.29 is 84.5 Å². The van der Waals surface area contributed by atoms with Gasteiger partial charge in [0, 0.05) is 25.5 Å². The fourth-order valence-electron chi connectivity index (χ4n) is 5.36. The number of carbonyl (C=O) groups excluding carboxylic acids is 3. The van der Waals surface area contributed by atoms with Crippen LogP contribution in [0.25, 0.3) is 0 Å². The Morgan fingerprint density at radius 2 is 1.31 bits per heavy atom. The second-order valence-electron chi connectivity index (χ2n) is 11.6. The summed E-state index contributed by atoms with van der Waals surface area (Å²) in [5, 5.41) is 121. The summed E-state index contributed by atoms with van der Waals surface area (Å²) >= 11 is 0. The Balaban J connectivity index is 1.75. The van der Waals surface area contributed by atoms with Gasteiger partial charge in [0.2, 0.25) is 17.7 Å². The van der Waals surface area contributed by atoms with E-state index in [1.807, 2.05) is 0 Å². The molecule has 3 rings (SSSR count). The molecule has 0 aliphatic carbocycles. The number of rotatable bonds is 16. The molecule has 11 atom stereocenters. The van der Waals surface area contributed by atoms with Gasteiger partial charge in [-0.15, -0.1) is 0 Å². The number of hydrogen-bond donors (Lipinski definition) is 13. The van der Waals surface area contributed by atoms with E-state index >= 15 is 0 Å². The lowest BCUT2D eigenvalue weighted by atomic mass is 9.96. The highest BCUT2D eigenvalue weighted by Gasteiger charge is 2.46. The molecule has 0 bridgehead atoms. The lowest BCUT2D eigenvalue weighted by Gasteiger charge is -2.40. The van der Waals surface area contributed by atoms with E-state index in [1.54, 1.807) is 0 Å². The van der Waals surface area contributed by atoms with Crippen LogP contribution in [0.4, 0.5) is 17.1 Å². The smallest absolute Gasteiger partial charge is 0.338 e. The number of aromatic carboxylic acids is 1. The number of hydrogen-bond acceptors (Lipinski definition) is 19. The number of carboxylic acid groups (broad SMARTS) is 1. The molecular weight excluding hydrogens is 712 g/mol. The minimum absolute atomic E-state index is 0.501. The predicted molar refractivity (Wildman–Crippen MR) is 165 cm³/mol. The van der Waals surface area contributed by atoms with E-state index in [4.69, 9.17) is 9.47 Å². The Bertz CT molecular complexity index is 1460. The minimum atomic E-state index is -1.98. The van der Waals surface area contributed by atoms with Gasteiger partial charge < -0.3 is 76.7 Å². The number of carbonyl (C=O) groups is 4. The summed E-state index contributed by atoms with van der Waals surface area (Å²) < 4.78 is 9.95. The maximum absolute atomic E-state index is 13.3. The summed E-state index contributed by atoms with van der Waals surface area (Å²) in [6.07, 6.45) is -15.8. The summed E-state index contributed by atoms with van der Waals surface area (Å²) in [6, 6.07) is -3.98. The molecule has 25 heteroatoms. The van der Waals surface area contributed by atoms with Crippen molar-refractivity contribution >= 4 is 40.8 Å². The minimum Gasteiger partial charge on any atom is -0.478 e. The first kappa shape index (κ1) is 41.7. The van der Waals surface area contributed by atoms with Crippen LogP contribution in [0.1, 0.15) is 29.6 Å². The van der Waals surface area contributed by atoms with Crippen LogP contribution in [0.15, 0.2) is 12.1 Å². The van der Waals surface area contributed by atoms with Crippen molar-refractivity contribution in [2.45, 2.75) is 86.6 Å². The molecule has 52 heavy (non-hydrogen) atoms. The third kappa shape index (κ3) is 10.00. The molecule has 2 saturated heterocycles. The van der Waals surface area contributed by atoms with Crippen LogP contribution >= 0.6 is 0 Å². The largest absolute Gasteiger partial charge is 0.478 e. The average Bonchev–Trinajstić information content (AvgIpc) is 3.09. The Labute approximate surface area is 291 Å². The van der Waals surface area contributed by atoms with Gasteiger partial charge in [-0.25, -0.2) is 4.79 Å². The van der Waals surface area contributed by atoms with Crippen LogP contribution < -0.4 is 21.3 Å². The molecule has 0 unspecified atom stereocenters. The second-order valence-corrected chi connectivity index (χ2v) is 11.6. The van der Waals surface area contributed by atoms with Crippen molar-refractivity contribution in [1.82, 2.24) is 16.0 Å². The van der Waals surface area contributed by atoms with E-state index in [2.05, 4.69) is 21.3 Å². The van der Waals surface area contributed by atoms with Crippen LogP contribution in [0, 0.1) is 20.2 Å². The average molecular weight is 751 g/mol. The Morgan fingerprint density at radius 1 is 0.769 bits per heavy atom. The van der Waals surface area contributed by atoms with Crippen molar-refractivity contribution in [3.63, 3.8) is 0 Å². The number of ether oxygens (including phenoxy) is 2. The number of nitro benzene ring substituents is 2. The topological polar surface area (TPSA) is 403 Å². The number of nitrogens with one attached hydrogen (secondary N) is 4. The molecule has 2 heterocycles. The quantitative estimate of drug-likeness (QED) is 0.0552. The van der Waals surface area contributed by atoms with Crippen molar-refractivity contribution in [2.75, 3.05) is 25.1 Å². The molecule has 1 aromatic carbocycles. The van der Waals surface area contributed by atoms with E-state index < -0.39 is 163 Å². The number of carboxylic acids is 1. The number of anilines is 1. The molecule has 13 N–H and O–H groups in total. The zero-order chi connectivity index (χ0) is 39.0. The molecule has 0 spiro atoms. The van der Waals surface area contributed by atoms with Gasteiger partial charge in [0.25, 0.3) is 11.4 Å². The van der Waals surface area contributed by atoms with Gasteiger partial charge in [0.1, 0.15) is 60.4 Å². The highest BCUT2D eigenvalue weighted by Crippen LogP contribution is 2.33. The summed E-state index contributed by atoms with van der Waals surface area (Å²) in [7, 11) is 0. The van der Waals surface area contributed by atoms with Crippen LogP contribution in [0.5, 0.6) is 0 Å². The first-order valence-electron chi connectivity index (χ1n) is 15.4. The molecule has 2 aliphatic heterocycles. The van der Waals surface area contributed by atoms with Gasteiger partial charge in [0.15, 0.2) is 12.6 Å². The zero-order valence-corrected chi connectivity index (χ0v) is 26.8. The lowest BCUT2D eigenvalue weighted by Crippen LogP contribution is -2.65. The predicted octanol–water partition coefficient (Wildman–Crippen LogP) is -5.90. The molecule has 0 radical (unpaired) electrons. The normalized spacial score (nSPS) is 29.3. The molecule has 290 valence electrons. The number of amides is 3. The SMILES string of the molecule is O=C(CC[C@H](NC(=O)CCNc1c(C(=O)O)cc([N+](=O)[O-])cc1[N+](=O)[O-])C(=O)N[C@@H]1[C@@H](O)[C@H](O)[C@@H](CO)O[C@H]1O)N[C@@H]1[C@@H](O)[C@H](O)[C@@H](CO)O[C@H]1O. The molecule has 25 nitrogen and oxygen atoms in total. The molecule has 2 fully saturated rings. The van der Waals surface area contributed by atoms with Crippen molar-refractivity contribution in [3.8, 4) is 0 Å². The highest BCUT2D eigenvalue weighted by molar-refractivity contribution is 5.98. The monoisotopic (exact) mass is 750 g/mol. The number of benzene rings is 1. The van der Waals surface area contributed by atoms with Crippen LogP contribution in [0.3, 0.4) is 0 Å². The first-order chi connectivity index (χ1) is 24.4. The third-order valence-corrected chi connectivity index (χ3v) is 8.14. The lowest BCUT2D eigenvalue weighted by molar-refractivity contribution is -0.393. The number of non-ortho nitro benzene ring substituents is 1. The van der Waals surface area contributed by atoms with Crippen molar-refractivity contribution in [3.05, 3.63) is 37.9 Å². The molecule has 3 amide bonds. The fourth-order valence-corrected chi connectivity index (χ4v) is 5.36. The molecule has 0 saturated carbocycles. The van der Waals surface area contributed by atoms with Gasteiger partial charge >= 0.3 is 5.97 Å². The van der Waals surface area contributed by atoms with Crippen molar-refractivity contribution in [2.24, 2.45) is 0 Å². The Morgan fingerprint density at radius 3 is 1.79 bits per heavy atom. The van der Waals surface area contributed by atoms with E-state index in [9.17, 15) is 85.4 Å². The second kappa shape index (κ2) is 18.2. The fraction of sp³-hybridized carbons (Fsp3) is 0.630. The summed E-state index contributed by atoms with van der Waals surface area (Å²) in [6.45, 7) is -2.14. The molecule has 2 aliphatic rings. The van der Waals surface area contributed by atoms with Crippen LogP contribution in [0.2, 0.25) is 0 Å². The first-order valence-corrected chi connectivity index (χ1v) is 15.4. The van der Waals surface area contributed by atoms with E-state index in [0.29, 0.717) is 12.1 Å². The van der Waals surface area contributed by atoms with E-state index in [-0.39, 0.29) is 0 Å². The summed E-state index contributed by atoms with van der Waals surface area (Å²) in [5.74, 6) is -4.91. The molecule has 1 aromatic rings. The molecular formula is C27H38N6O19. The van der Waals surface area contributed by atoms with E-state index in [0.717, 1.165) is 0 Å². The maximum Gasteiger partial charge on any atom is 0.338 e. The summed E-state index contributed by atoms with van der Waals surface area (Å²) in [5.41, 5.74) is -3.42. The zero-order valence-electron chi connectivity index (χ0n) is 26.8. The number of nitro groups is 2. The standard InChI is InChI=1S/C27H38N6O19/c34-7-13-20(38)22(40)18(26(45)51-13)30-15(36)2-1-11(24(42)31-19-23(41)21(39)14(8-35)52-27(19)46)29-16(37)3-4-28-17-10(25(43)44)5-9(32(47)48)6-12(17)33(49)50/h5-6,11,13-14,18-23,26-28,34-35,38-41,45-46H,1-4,7-8H2,(H,29,37)(H,30,36)(H,31,42)(H,43,44)/t11-,13+,14+,18+,19+,20+,21+,22+,23+,26+,27+/m0/s1. The van der Waals surface area contributed by atoms with Gasteiger partial charge in [-0.2, -0.15) is 0 Å².